The topological polar surface area (TPSA) is 89.1 Å². The molecule has 114 valence electrons. The summed E-state index contributed by atoms with van der Waals surface area (Å²) in [4.78, 5) is 16.3. The quantitative estimate of drug-likeness (QED) is 0.776. The molecule has 4 rings (SSSR count). The number of amides is 1. The van der Waals surface area contributed by atoms with E-state index < -0.39 is 0 Å². The number of hydrogen-bond acceptors (Lipinski definition) is 5. The lowest BCUT2D eigenvalue weighted by Gasteiger charge is -2.03. The maximum Gasteiger partial charge on any atom is 0.257 e. The Morgan fingerprint density at radius 2 is 1.91 bits per heavy atom. The molecular formula is C16H12N4O3. The number of rotatable bonds is 3. The first kappa shape index (κ1) is 13.3. The molecule has 0 fully saturated rings. The summed E-state index contributed by atoms with van der Waals surface area (Å²) >= 11 is 0. The van der Waals surface area contributed by atoms with E-state index in [1.165, 1.54) is 0 Å². The zero-order valence-corrected chi connectivity index (χ0v) is 11.9. The van der Waals surface area contributed by atoms with E-state index in [1.54, 1.807) is 36.7 Å². The molecule has 0 bridgehead atoms. The van der Waals surface area contributed by atoms with Gasteiger partial charge in [-0.05, 0) is 30.3 Å². The lowest BCUT2D eigenvalue weighted by Crippen LogP contribution is -2.12. The van der Waals surface area contributed by atoms with Crippen LogP contribution in [-0.2, 0) is 0 Å². The minimum absolute atomic E-state index is 0.176. The molecule has 1 aromatic carbocycles. The number of carbonyl (C=O) groups is 1. The number of ether oxygens (including phenoxy) is 2. The van der Waals surface area contributed by atoms with Crippen molar-refractivity contribution in [1.82, 2.24) is 15.2 Å². The normalized spacial score (nSPS) is 12.2. The predicted octanol–water partition coefficient (Wildman–Crippen LogP) is 2.45. The highest BCUT2D eigenvalue weighted by molar-refractivity contribution is 6.04. The summed E-state index contributed by atoms with van der Waals surface area (Å²) in [5.41, 5.74) is 2.21. The van der Waals surface area contributed by atoms with E-state index in [1.807, 2.05) is 12.1 Å². The highest BCUT2D eigenvalue weighted by Crippen LogP contribution is 2.32. The van der Waals surface area contributed by atoms with Crippen molar-refractivity contribution in [1.29, 1.82) is 0 Å². The van der Waals surface area contributed by atoms with Crippen molar-refractivity contribution in [2.24, 2.45) is 0 Å². The van der Waals surface area contributed by atoms with Crippen LogP contribution in [0.15, 0.2) is 48.8 Å². The van der Waals surface area contributed by atoms with Crippen LogP contribution >= 0.6 is 0 Å². The van der Waals surface area contributed by atoms with E-state index in [4.69, 9.17) is 9.47 Å². The molecule has 3 heterocycles. The molecule has 7 heteroatoms. The summed E-state index contributed by atoms with van der Waals surface area (Å²) < 4.78 is 10.5. The molecule has 23 heavy (non-hydrogen) atoms. The molecule has 0 atom stereocenters. The van der Waals surface area contributed by atoms with Crippen LogP contribution in [0.4, 0.5) is 5.82 Å². The van der Waals surface area contributed by atoms with Gasteiger partial charge in [-0.15, -0.1) is 0 Å². The van der Waals surface area contributed by atoms with E-state index in [0.717, 1.165) is 11.3 Å². The number of pyridine rings is 1. The fourth-order valence-electron chi connectivity index (χ4n) is 2.29. The van der Waals surface area contributed by atoms with Crippen LogP contribution < -0.4 is 14.8 Å². The Morgan fingerprint density at radius 1 is 1.09 bits per heavy atom. The number of nitrogens with one attached hydrogen (secondary N) is 2. The third-order valence-electron chi connectivity index (χ3n) is 3.45. The third kappa shape index (κ3) is 2.59. The van der Waals surface area contributed by atoms with Crippen molar-refractivity contribution >= 4 is 11.7 Å². The van der Waals surface area contributed by atoms with Gasteiger partial charge in [-0.25, -0.2) is 0 Å². The van der Waals surface area contributed by atoms with Crippen LogP contribution in [0.25, 0.3) is 11.3 Å². The first-order chi connectivity index (χ1) is 11.3. The molecule has 1 aliphatic heterocycles. The van der Waals surface area contributed by atoms with Gasteiger partial charge >= 0.3 is 0 Å². The van der Waals surface area contributed by atoms with Gasteiger partial charge in [0, 0.05) is 29.6 Å². The second-order valence-corrected chi connectivity index (χ2v) is 4.92. The van der Waals surface area contributed by atoms with Gasteiger partial charge in [0.2, 0.25) is 6.79 Å². The monoisotopic (exact) mass is 308 g/mol. The van der Waals surface area contributed by atoms with Gasteiger partial charge in [0.1, 0.15) is 0 Å². The summed E-state index contributed by atoms with van der Waals surface area (Å²) in [5.74, 6) is 1.38. The molecule has 1 aliphatic rings. The Bertz CT molecular complexity index is 861. The van der Waals surface area contributed by atoms with Crippen molar-refractivity contribution in [3.8, 4) is 22.8 Å². The molecule has 0 saturated heterocycles. The Kier molecular flexibility index (Phi) is 3.16. The minimum atomic E-state index is -0.268. The second kappa shape index (κ2) is 5.45. The first-order valence-electron chi connectivity index (χ1n) is 6.96. The van der Waals surface area contributed by atoms with Crippen molar-refractivity contribution in [3.05, 3.63) is 54.4 Å². The molecule has 0 aliphatic carbocycles. The summed E-state index contributed by atoms with van der Waals surface area (Å²) in [6.45, 7) is 0.176. The highest BCUT2D eigenvalue weighted by Gasteiger charge is 2.17. The van der Waals surface area contributed by atoms with E-state index in [2.05, 4.69) is 20.5 Å². The molecule has 2 N–H and O–H groups in total. The standard InChI is InChI=1S/C16H12N4O3/c21-16(11-1-2-13-14(7-11)23-9-22-13)18-15-8-12(19-20-15)10-3-5-17-6-4-10/h1-8H,9H2,(H2,18,19,20,21). The van der Waals surface area contributed by atoms with Crippen LogP contribution in [0.2, 0.25) is 0 Å². The van der Waals surface area contributed by atoms with E-state index >= 15 is 0 Å². The summed E-state index contributed by atoms with van der Waals surface area (Å²) in [7, 11) is 0. The van der Waals surface area contributed by atoms with Crippen molar-refractivity contribution in [2.45, 2.75) is 0 Å². The molecule has 7 nitrogen and oxygen atoms in total. The molecule has 0 radical (unpaired) electrons. The van der Waals surface area contributed by atoms with Gasteiger partial charge in [0.25, 0.3) is 5.91 Å². The molecule has 3 aromatic rings. The summed E-state index contributed by atoms with van der Waals surface area (Å²) in [6, 6.07) is 10.5. The third-order valence-corrected chi connectivity index (χ3v) is 3.45. The van der Waals surface area contributed by atoms with Crippen LogP contribution in [0.1, 0.15) is 10.4 Å². The first-order valence-corrected chi connectivity index (χ1v) is 6.96. The largest absolute Gasteiger partial charge is 0.454 e. The lowest BCUT2D eigenvalue weighted by molar-refractivity contribution is 0.102. The van der Waals surface area contributed by atoms with E-state index in [9.17, 15) is 4.79 Å². The SMILES string of the molecule is O=C(Nc1cc(-c2ccncc2)[nH]n1)c1ccc2c(c1)OCO2. The van der Waals surface area contributed by atoms with Crippen LogP contribution in [0.3, 0.4) is 0 Å². The van der Waals surface area contributed by atoms with E-state index in [-0.39, 0.29) is 12.7 Å². The average Bonchev–Trinajstić information content (AvgIpc) is 3.24. The highest BCUT2D eigenvalue weighted by atomic mass is 16.7. The number of hydrogen-bond donors (Lipinski definition) is 2. The molecule has 2 aromatic heterocycles. The maximum atomic E-state index is 12.3. The summed E-state index contributed by atoms with van der Waals surface area (Å²) in [6.07, 6.45) is 3.39. The van der Waals surface area contributed by atoms with Crippen molar-refractivity contribution < 1.29 is 14.3 Å². The predicted molar refractivity (Wildman–Crippen MR) is 82.3 cm³/mol. The smallest absolute Gasteiger partial charge is 0.257 e. The average molecular weight is 308 g/mol. The van der Waals surface area contributed by atoms with Gasteiger partial charge in [-0.2, -0.15) is 5.10 Å². The zero-order chi connectivity index (χ0) is 15.6. The lowest BCUT2D eigenvalue weighted by atomic mass is 10.2. The minimum Gasteiger partial charge on any atom is -0.454 e. The van der Waals surface area contributed by atoms with Crippen molar-refractivity contribution in [2.75, 3.05) is 12.1 Å². The van der Waals surface area contributed by atoms with Gasteiger partial charge in [-0.1, -0.05) is 0 Å². The van der Waals surface area contributed by atoms with Crippen LogP contribution in [-0.4, -0.2) is 27.9 Å². The van der Waals surface area contributed by atoms with Crippen LogP contribution in [0.5, 0.6) is 11.5 Å². The Labute approximate surface area is 131 Å². The van der Waals surface area contributed by atoms with E-state index in [0.29, 0.717) is 22.9 Å². The zero-order valence-electron chi connectivity index (χ0n) is 11.9. The molecule has 0 spiro atoms. The van der Waals surface area contributed by atoms with Gasteiger partial charge in [0.15, 0.2) is 17.3 Å². The molecule has 0 saturated carbocycles. The fraction of sp³-hybridized carbons (Fsp3) is 0.0625. The van der Waals surface area contributed by atoms with Gasteiger partial charge in [0.05, 0.1) is 5.69 Å². The number of aromatic amines is 1. The Balaban J connectivity index is 1.52. The Hall–Kier alpha value is -3.35. The maximum absolute atomic E-state index is 12.3. The van der Waals surface area contributed by atoms with Crippen LogP contribution in [0, 0.1) is 0 Å². The number of fused-ring (bicyclic) bond motifs is 1. The number of benzene rings is 1. The Morgan fingerprint density at radius 3 is 2.78 bits per heavy atom. The number of carbonyl (C=O) groups excluding carboxylic acids is 1. The number of H-pyrrole nitrogens is 1. The molecular weight excluding hydrogens is 296 g/mol. The number of aromatic nitrogens is 3. The second-order valence-electron chi connectivity index (χ2n) is 4.92. The van der Waals surface area contributed by atoms with Crippen molar-refractivity contribution in [3.63, 3.8) is 0 Å². The molecule has 0 unspecified atom stereocenters. The van der Waals surface area contributed by atoms with Gasteiger partial charge < -0.3 is 14.8 Å². The molecule has 1 amide bonds. The fourth-order valence-corrected chi connectivity index (χ4v) is 2.29. The summed E-state index contributed by atoms with van der Waals surface area (Å²) in [5, 5.41) is 9.73. The number of nitrogens with zero attached hydrogens (tertiary/aromatic N) is 2. The number of anilines is 1. The van der Waals surface area contributed by atoms with Gasteiger partial charge in [-0.3, -0.25) is 14.9 Å².